The van der Waals surface area contributed by atoms with E-state index in [0.717, 1.165) is 40.4 Å². The van der Waals surface area contributed by atoms with Crippen LogP contribution in [0.15, 0.2) is 96.8 Å². The molecule has 0 radical (unpaired) electrons. The van der Waals surface area contributed by atoms with Crippen molar-refractivity contribution in [3.8, 4) is 0 Å². The van der Waals surface area contributed by atoms with E-state index < -0.39 is 10.1 Å². The molecule has 4 rings (SSSR count). The summed E-state index contributed by atoms with van der Waals surface area (Å²) in [6.45, 7) is 9.49. The molecule has 0 fully saturated rings. The quantitative estimate of drug-likeness (QED) is 0.0554. The van der Waals surface area contributed by atoms with E-state index in [0.29, 0.717) is 12.3 Å². The molecule has 2 aliphatic rings. The largest absolute Gasteiger partial charge is 0.343 e. The summed E-state index contributed by atoms with van der Waals surface area (Å²) in [4.78, 5) is 2.26. The van der Waals surface area contributed by atoms with Crippen molar-refractivity contribution in [1.82, 2.24) is 0 Å². The Hall–Kier alpha value is -2.99. The highest BCUT2D eigenvalue weighted by Gasteiger charge is 2.44. The van der Waals surface area contributed by atoms with E-state index >= 15 is 0 Å². The van der Waals surface area contributed by atoms with Gasteiger partial charge in [0, 0.05) is 58.8 Å². The lowest BCUT2D eigenvalue weighted by atomic mass is 9.81. The average molecular weight is 598 g/mol. The monoisotopic (exact) mass is 597 g/mol. The number of fused-ring (bicyclic) bond motifs is 2. The van der Waals surface area contributed by atoms with Gasteiger partial charge in [-0.15, -0.1) is 4.33 Å². The van der Waals surface area contributed by atoms with Crippen molar-refractivity contribution in [1.29, 1.82) is 0 Å². The Morgan fingerprint density at radius 1 is 0.927 bits per heavy atom. The third-order valence-corrected chi connectivity index (χ3v) is 8.81. The van der Waals surface area contributed by atoms with Gasteiger partial charge in [0.15, 0.2) is 12.3 Å². The van der Waals surface area contributed by atoms with E-state index in [2.05, 4.69) is 72.3 Å². The summed E-state index contributed by atoms with van der Waals surface area (Å²) in [7, 11) is -4.09. The van der Waals surface area contributed by atoms with E-state index in [1.165, 1.54) is 5.56 Å². The summed E-state index contributed by atoms with van der Waals surface area (Å²) >= 11 is 1.04. The molecule has 0 bridgehead atoms. The Kier molecular flexibility index (Phi) is 9.73. The maximum Gasteiger partial charge on any atom is 0.271 e. The minimum absolute atomic E-state index is 0.169. The molecular weight excluding hydrogens is 560 g/mol. The van der Waals surface area contributed by atoms with Crippen LogP contribution in [-0.4, -0.2) is 53.1 Å². The van der Waals surface area contributed by atoms with Crippen molar-refractivity contribution in [2.24, 2.45) is 0 Å². The Labute approximate surface area is 246 Å². The highest BCUT2D eigenvalue weighted by Crippen LogP contribution is 2.47. The minimum atomic E-state index is -4.09. The third kappa shape index (κ3) is 6.91. The SMILES string of the molecule is CC1(C)C(=CC=CC=CC=CC2=[N+](CCS(=O)(=O)O)c3ccccc3C2(C)C)N(CCSOOO)c2ccccc21. The fourth-order valence-corrected chi connectivity index (χ4v) is 6.42. The van der Waals surface area contributed by atoms with Crippen LogP contribution in [0, 0.1) is 0 Å². The highest BCUT2D eigenvalue weighted by molar-refractivity contribution is 7.94. The number of hydrogen-bond acceptors (Lipinski definition) is 7. The van der Waals surface area contributed by atoms with Crippen LogP contribution in [0.3, 0.4) is 0 Å². The molecular formula is C31H37N2O6S2+. The molecule has 0 spiro atoms. The molecule has 2 aromatic rings. The van der Waals surface area contributed by atoms with Gasteiger partial charge in [0.2, 0.25) is 5.69 Å². The maximum absolute atomic E-state index is 11.5. The zero-order valence-electron chi connectivity index (χ0n) is 23.7. The molecule has 2 N–H and O–H groups in total. The van der Waals surface area contributed by atoms with Crippen molar-refractivity contribution < 1.29 is 32.2 Å². The molecule has 0 unspecified atom stereocenters. The Morgan fingerprint density at radius 3 is 2.32 bits per heavy atom. The number of hydrogen-bond donors (Lipinski definition) is 2. The first-order valence-corrected chi connectivity index (χ1v) is 15.9. The summed E-state index contributed by atoms with van der Waals surface area (Å²) in [6.07, 6.45) is 13.9. The van der Waals surface area contributed by atoms with E-state index in [4.69, 9.17) is 5.26 Å². The number of anilines is 1. The van der Waals surface area contributed by atoms with Crippen LogP contribution in [0.4, 0.5) is 11.4 Å². The number of para-hydroxylation sites is 2. The van der Waals surface area contributed by atoms with Gasteiger partial charge in [-0.25, -0.2) is 5.26 Å². The van der Waals surface area contributed by atoms with Crippen LogP contribution in [0.2, 0.25) is 0 Å². The third-order valence-electron chi connectivity index (χ3n) is 7.60. The molecule has 0 saturated heterocycles. The smallest absolute Gasteiger partial charge is 0.271 e. The van der Waals surface area contributed by atoms with Gasteiger partial charge in [0.05, 0.1) is 5.41 Å². The molecule has 2 heterocycles. The van der Waals surface area contributed by atoms with Crippen molar-refractivity contribution in [2.45, 2.75) is 38.5 Å². The normalized spacial score (nSPS) is 18.9. The zero-order valence-corrected chi connectivity index (χ0v) is 25.4. The van der Waals surface area contributed by atoms with Crippen LogP contribution in [0.1, 0.15) is 38.8 Å². The lowest BCUT2D eigenvalue weighted by Gasteiger charge is -2.26. The van der Waals surface area contributed by atoms with Gasteiger partial charge < -0.3 is 4.90 Å². The van der Waals surface area contributed by atoms with Crippen LogP contribution >= 0.6 is 12.0 Å². The predicted molar refractivity (Wildman–Crippen MR) is 165 cm³/mol. The van der Waals surface area contributed by atoms with Gasteiger partial charge in [0.25, 0.3) is 10.1 Å². The Morgan fingerprint density at radius 2 is 1.59 bits per heavy atom. The molecule has 0 amide bonds. The topological polar surface area (TPSA) is 99.3 Å². The minimum Gasteiger partial charge on any atom is -0.343 e. The van der Waals surface area contributed by atoms with E-state index in [1.54, 1.807) is 0 Å². The molecule has 0 aliphatic carbocycles. The van der Waals surface area contributed by atoms with Crippen LogP contribution in [0.5, 0.6) is 0 Å². The summed E-state index contributed by atoms with van der Waals surface area (Å²) in [5.41, 5.74) is 6.08. The molecule has 2 aliphatic heterocycles. The number of nitrogens with zero attached hydrogens (tertiary/aromatic N) is 2. The van der Waals surface area contributed by atoms with Crippen LogP contribution < -0.4 is 4.90 Å². The second-order valence-corrected chi connectivity index (χ2v) is 13.3. The summed E-state index contributed by atoms with van der Waals surface area (Å²) in [5.74, 6) is 0.247. The molecule has 2 aromatic carbocycles. The standard InChI is InChI=1S/C31H36N2O6S2/c1-30(2)24-14-10-12-16-26(24)32(20-22-40-39-38-34)28(30)18-8-6-5-7-9-19-29-31(3,4)25-15-11-13-17-27(25)33(29)21-23-41(35,36)37/h5-19H,20-23H2,1-4H3,(H-,34,35,36,37)/p+1. The first-order chi connectivity index (χ1) is 19.5. The second kappa shape index (κ2) is 12.9. The van der Waals surface area contributed by atoms with Gasteiger partial charge in [-0.1, -0.05) is 85.7 Å². The lowest BCUT2D eigenvalue weighted by molar-refractivity contribution is -0.432. The zero-order chi connectivity index (χ0) is 29.7. The number of benzene rings is 2. The lowest BCUT2D eigenvalue weighted by Crippen LogP contribution is -2.29. The molecule has 41 heavy (non-hydrogen) atoms. The molecule has 218 valence electrons. The van der Waals surface area contributed by atoms with Crippen LogP contribution in [0.25, 0.3) is 0 Å². The Balaban J connectivity index is 1.52. The van der Waals surface area contributed by atoms with Crippen molar-refractivity contribution in [3.05, 3.63) is 108 Å². The second-order valence-electron chi connectivity index (χ2n) is 10.9. The van der Waals surface area contributed by atoms with Crippen molar-refractivity contribution in [2.75, 3.05) is 29.5 Å². The fourth-order valence-electron chi connectivity index (χ4n) is 5.64. The predicted octanol–water partition coefficient (Wildman–Crippen LogP) is 6.37. The van der Waals surface area contributed by atoms with Gasteiger partial charge >= 0.3 is 0 Å². The summed E-state index contributed by atoms with van der Waals surface area (Å²) in [5, 5.41) is 12.1. The first kappa shape index (κ1) is 31.0. The van der Waals surface area contributed by atoms with Gasteiger partial charge in [0.1, 0.15) is 5.75 Å². The fraction of sp³-hybridized carbons (Fsp3) is 0.323. The van der Waals surface area contributed by atoms with Crippen molar-refractivity contribution in [3.63, 3.8) is 0 Å². The Bertz CT molecular complexity index is 1520. The van der Waals surface area contributed by atoms with Crippen molar-refractivity contribution >= 4 is 39.2 Å². The molecule has 8 nitrogen and oxygen atoms in total. The summed E-state index contributed by atoms with van der Waals surface area (Å²) in [6, 6.07) is 16.3. The van der Waals surface area contributed by atoms with Gasteiger partial charge in [-0.2, -0.15) is 13.0 Å². The number of rotatable bonds is 12. The van der Waals surface area contributed by atoms with E-state index in [-0.39, 0.29) is 23.1 Å². The van der Waals surface area contributed by atoms with E-state index in [1.807, 2.05) is 65.3 Å². The average Bonchev–Trinajstić information content (AvgIpc) is 3.28. The molecule has 10 heteroatoms. The first-order valence-electron chi connectivity index (χ1n) is 13.4. The molecule has 0 saturated carbocycles. The van der Waals surface area contributed by atoms with Crippen LogP contribution in [-0.2, 0) is 30.3 Å². The molecule has 0 atom stereocenters. The number of allylic oxidation sites excluding steroid dienone is 8. The van der Waals surface area contributed by atoms with E-state index in [9.17, 15) is 13.0 Å². The molecule has 0 aromatic heterocycles. The van der Waals surface area contributed by atoms with Gasteiger partial charge in [-0.3, -0.25) is 4.55 Å². The summed E-state index contributed by atoms with van der Waals surface area (Å²) < 4.78 is 38.8. The highest BCUT2D eigenvalue weighted by atomic mass is 32.2. The van der Waals surface area contributed by atoms with Gasteiger partial charge in [-0.05, 0) is 31.6 Å². The maximum atomic E-state index is 11.5.